The Labute approximate surface area is 92.6 Å². The Kier molecular flexibility index (Phi) is 11.0. The first-order valence-corrected chi connectivity index (χ1v) is 7.03. The molecule has 0 fully saturated rings. The lowest BCUT2D eigenvalue weighted by Crippen LogP contribution is -2.01. The van der Waals surface area contributed by atoms with Crippen LogP contribution in [-0.4, -0.2) is 5.33 Å². The monoisotopic (exact) mass is 248 g/mol. The Morgan fingerprint density at radius 2 is 1.31 bits per heavy atom. The van der Waals surface area contributed by atoms with Crippen LogP contribution in [-0.2, 0) is 0 Å². The molecule has 0 aromatic carbocycles. The van der Waals surface area contributed by atoms with Crippen molar-refractivity contribution < 1.29 is 0 Å². The lowest BCUT2D eigenvalue weighted by atomic mass is 9.97. The molecule has 0 aliphatic carbocycles. The normalized spacial score (nSPS) is 11.1. The van der Waals surface area contributed by atoms with Crippen LogP contribution in [0.3, 0.4) is 0 Å². The summed E-state index contributed by atoms with van der Waals surface area (Å²) in [6, 6.07) is 0. The van der Waals surface area contributed by atoms with E-state index >= 15 is 0 Å². The van der Waals surface area contributed by atoms with Gasteiger partial charge in [0, 0.05) is 5.33 Å². The lowest BCUT2D eigenvalue weighted by molar-refractivity contribution is 0.451. The Morgan fingerprint density at radius 3 is 1.62 bits per heavy atom. The summed E-state index contributed by atoms with van der Waals surface area (Å²) in [5.74, 6) is 0.943. The number of hydrogen-bond acceptors (Lipinski definition) is 0. The maximum Gasteiger partial charge on any atom is 0.00596 e. The number of halogens is 1. The summed E-state index contributed by atoms with van der Waals surface area (Å²) in [6.45, 7) is 4.56. The van der Waals surface area contributed by atoms with E-state index in [1.807, 2.05) is 0 Å². The third-order valence-electron chi connectivity index (χ3n) is 2.65. The molecule has 0 aliphatic heterocycles. The van der Waals surface area contributed by atoms with E-state index < -0.39 is 0 Å². The third-order valence-corrected chi connectivity index (χ3v) is 3.57. The molecule has 0 amide bonds. The van der Waals surface area contributed by atoms with Gasteiger partial charge in [-0.15, -0.1) is 0 Å². The van der Waals surface area contributed by atoms with E-state index in [0.717, 1.165) is 5.92 Å². The quantitative estimate of drug-likeness (QED) is 0.391. The molecule has 0 N–H and O–H groups in total. The van der Waals surface area contributed by atoms with Crippen LogP contribution in [0.25, 0.3) is 0 Å². The molecule has 0 aromatic heterocycles. The van der Waals surface area contributed by atoms with Crippen LogP contribution >= 0.6 is 15.9 Å². The molecule has 0 heterocycles. The fourth-order valence-corrected chi connectivity index (χ4v) is 2.31. The highest BCUT2D eigenvalue weighted by molar-refractivity contribution is 9.09. The maximum absolute atomic E-state index is 3.62. The van der Waals surface area contributed by atoms with Crippen LogP contribution in [0.2, 0.25) is 0 Å². The molecule has 0 rings (SSSR count). The molecule has 0 aliphatic rings. The minimum Gasteiger partial charge on any atom is -0.0925 e. The van der Waals surface area contributed by atoms with E-state index in [-0.39, 0.29) is 0 Å². The summed E-state index contributed by atoms with van der Waals surface area (Å²) >= 11 is 3.62. The fourth-order valence-electron chi connectivity index (χ4n) is 1.66. The summed E-state index contributed by atoms with van der Waals surface area (Å²) in [4.78, 5) is 0. The predicted molar refractivity (Wildman–Crippen MR) is 65.6 cm³/mol. The molecule has 13 heavy (non-hydrogen) atoms. The van der Waals surface area contributed by atoms with Crippen molar-refractivity contribution in [3.05, 3.63) is 0 Å². The summed E-state index contributed by atoms with van der Waals surface area (Å²) < 4.78 is 0. The standard InChI is InChI=1S/C12H25Br/c1-3-5-7-9-12(11-13)10-8-6-4-2/h12H,3-11H2,1-2H3. The van der Waals surface area contributed by atoms with E-state index in [0.29, 0.717) is 0 Å². The average Bonchev–Trinajstić information content (AvgIpc) is 2.16. The number of alkyl halides is 1. The highest BCUT2D eigenvalue weighted by Crippen LogP contribution is 2.19. The molecule has 80 valence electrons. The summed E-state index contributed by atoms with van der Waals surface area (Å²) in [7, 11) is 0. The molecule has 0 saturated heterocycles. The lowest BCUT2D eigenvalue weighted by Gasteiger charge is -2.12. The van der Waals surface area contributed by atoms with Crippen LogP contribution in [0.15, 0.2) is 0 Å². The van der Waals surface area contributed by atoms with Gasteiger partial charge in [0.25, 0.3) is 0 Å². The maximum atomic E-state index is 3.62. The highest BCUT2D eigenvalue weighted by atomic mass is 79.9. The molecular formula is C12H25Br. The topological polar surface area (TPSA) is 0 Å². The molecule has 0 saturated carbocycles. The van der Waals surface area contributed by atoms with Gasteiger partial charge in [-0.3, -0.25) is 0 Å². The number of rotatable bonds is 9. The minimum atomic E-state index is 0.943. The predicted octanol–water partition coefficient (Wildman–Crippen LogP) is 5.16. The number of hydrogen-bond donors (Lipinski definition) is 0. The van der Waals surface area contributed by atoms with Crippen molar-refractivity contribution in [3.8, 4) is 0 Å². The molecule has 1 heteroatoms. The summed E-state index contributed by atoms with van der Waals surface area (Å²) in [6.07, 6.45) is 11.3. The molecule has 0 radical (unpaired) electrons. The van der Waals surface area contributed by atoms with Crippen LogP contribution in [0.1, 0.15) is 65.2 Å². The minimum absolute atomic E-state index is 0.943. The largest absolute Gasteiger partial charge is 0.0925 e. The van der Waals surface area contributed by atoms with Gasteiger partial charge < -0.3 is 0 Å². The fraction of sp³-hybridized carbons (Fsp3) is 1.00. The van der Waals surface area contributed by atoms with Crippen molar-refractivity contribution in [2.45, 2.75) is 65.2 Å². The molecule has 0 unspecified atom stereocenters. The zero-order valence-corrected chi connectivity index (χ0v) is 10.9. The van der Waals surface area contributed by atoms with Crippen molar-refractivity contribution >= 4 is 15.9 Å². The van der Waals surface area contributed by atoms with Gasteiger partial charge in [-0.25, -0.2) is 0 Å². The molecule has 0 spiro atoms. The average molecular weight is 249 g/mol. The molecular weight excluding hydrogens is 224 g/mol. The Hall–Kier alpha value is 0.480. The van der Waals surface area contributed by atoms with E-state index in [9.17, 15) is 0 Å². The molecule has 0 bridgehead atoms. The van der Waals surface area contributed by atoms with E-state index in [4.69, 9.17) is 0 Å². The SMILES string of the molecule is CCCCCC(CBr)CCCCC. The first-order valence-electron chi connectivity index (χ1n) is 5.91. The molecule has 0 atom stereocenters. The van der Waals surface area contributed by atoms with Crippen molar-refractivity contribution in [2.24, 2.45) is 5.92 Å². The van der Waals surface area contributed by atoms with Crippen molar-refractivity contribution in [3.63, 3.8) is 0 Å². The Morgan fingerprint density at radius 1 is 0.846 bits per heavy atom. The van der Waals surface area contributed by atoms with E-state index in [1.165, 1.54) is 56.7 Å². The smallest absolute Gasteiger partial charge is 0.00596 e. The second-order valence-corrected chi connectivity index (χ2v) is 4.66. The van der Waals surface area contributed by atoms with Gasteiger partial charge >= 0.3 is 0 Å². The van der Waals surface area contributed by atoms with Crippen LogP contribution in [0, 0.1) is 5.92 Å². The first-order chi connectivity index (χ1) is 6.35. The van der Waals surface area contributed by atoms with Crippen LogP contribution in [0.4, 0.5) is 0 Å². The van der Waals surface area contributed by atoms with Crippen molar-refractivity contribution in [1.82, 2.24) is 0 Å². The number of unbranched alkanes of at least 4 members (excludes halogenated alkanes) is 4. The molecule has 0 nitrogen and oxygen atoms in total. The van der Waals surface area contributed by atoms with Gasteiger partial charge in [0.15, 0.2) is 0 Å². The first kappa shape index (κ1) is 13.5. The third kappa shape index (κ3) is 8.80. The molecule has 0 aromatic rings. The summed E-state index contributed by atoms with van der Waals surface area (Å²) in [5.41, 5.74) is 0. The van der Waals surface area contributed by atoms with Gasteiger partial charge in [-0.05, 0) is 18.8 Å². The van der Waals surface area contributed by atoms with E-state index in [2.05, 4.69) is 29.8 Å². The second kappa shape index (κ2) is 10.6. The van der Waals surface area contributed by atoms with Gasteiger partial charge in [-0.1, -0.05) is 68.3 Å². The van der Waals surface area contributed by atoms with Gasteiger partial charge in [0.2, 0.25) is 0 Å². The highest BCUT2D eigenvalue weighted by Gasteiger charge is 2.05. The zero-order valence-electron chi connectivity index (χ0n) is 9.32. The zero-order chi connectivity index (χ0) is 9.94. The Balaban J connectivity index is 3.28. The van der Waals surface area contributed by atoms with E-state index in [1.54, 1.807) is 0 Å². The summed E-state index contributed by atoms with van der Waals surface area (Å²) in [5, 5.41) is 1.21. The van der Waals surface area contributed by atoms with Crippen LogP contribution in [0.5, 0.6) is 0 Å². The Bertz CT molecular complexity index is 81.1. The van der Waals surface area contributed by atoms with Crippen LogP contribution < -0.4 is 0 Å². The van der Waals surface area contributed by atoms with Crippen molar-refractivity contribution in [1.29, 1.82) is 0 Å². The second-order valence-electron chi connectivity index (χ2n) is 4.01. The van der Waals surface area contributed by atoms with Crippen molar-refractivity contribution in [2.75, 3.05) is 5.33 Å². The van der Waals surface area contributed by atoms with Gasteiger partial charge in [0.05, 0.1) is 0 Å². The van der Waals surface area contributed by atoms with Gasteiger partial charge in [0.1, 0.15) is 0 Å². The van der Waals surface area contributed by atoms with Gasteiger partial charge in [-0.2, -0.15) is 0 Å².